The van der Waals surface area contributed by atoms with Crippen LogP contribution in [0.3, 0.4) is 0 Å². The van der Waals surface area contributed by atoms with Crippen molar-refractivity contribution in [2.75, 3.05) is 13.7 Å². The minimum atomic E-state index is -0.568. The van der Waals surface area contributed by atoms with Gasteiger partial charge in [0.2, 0.25) is 5.91 Å². The van der Waals surface area contributed by atoms with Crippen molar-refractivity contribution in [2.24, 2.45) is 0 Å². The van der Waals surface area contributed by atoms with Crippen molar-refractivity contribution < 1.29 is 19.1 Å². The molecule has 1 fully saturated rings. The summed E-state index contributed by atoms with van der Waals surface area (Å²) in [5.74, 6) is 1.04. The Morgan fingerprint density at radius 1 is 1.06 bits per heavy atom. The molecule has 190 valence electrons. The summed E-state index contributed by atoms with van der Waals surface area (Å²) in [7, 11) is 1.62. The van der Waals surface area contributed by atoms with E-state index < -0.39 is 6.04 Å². The van der Waals surface area contributed by atoms with Gasteiger partial charge in [-0.05, 0) is 60.1 Å². The Bertz CT molecular complexity index is 975. The van der Waals surface area contributed by atoms with Crippen LogP contribution in [0.25, 0.3) is 0 Å². The Kier molecular flexibility index (Phi) is 9.19. The molecule has 35 heavy (non-hydrogen) atoms. The van der Waals surface area contributed by atoms with E-state index in [2.05, 4.69) is 26.1 Å². The second kappa shape index (κ2) is 12.1. The molecule has 0 heterocycles. The lowest BCUT2D eigenvalue weighted by molar-refractivity contribution is -0.143. The van der Waals surface area contributed by atoms with Gasteiger partial charge in [0.05, 0.1) is 7.11 Å². The molecule has 0 spiro atoms. The smallest absolute Gasteiger partial charge is 0.261 e. The van der Waals surface area contributed by atoms with Gasteiger partial charge in [0.15, 0.2) is 6.61 Å². The third kappa shape index (κ3) is 7.48. The largest absolute Gasteiger partial charge is 0.497 e. The Balaban J connectivity index is 1.75. The molecule has 0 bridgehead atoms. The molecule has 6 heteroatoms. The fraction of sp³-hybridized carbons (Fsp3) is 0.517. The number of nitrogens with one attached hydrogen (secondary N) is 1. The molecule has 1 unspecified atom stereocenters. The average molecular weight is 481 g/mol. The van der Waals surface area contributed by atoms with Gasteiger partial charge in [-0.2, -0.15) is 0 Å². The van der Waals surface area contributed by atoms with Gasteiger partial charge in [-0.3, -0.25) is 9.59 Å². The zero-order valence-corrected chi connectivity index (χ0v) is 21.8. The van der Waals surface area contributed by atoms with E-state index in [0.29, 0.717) is 24.5 Å². The summed E-state index contributed by atoms with van der Waals surface area (Å²) in [6.07, 6.45) is 4.79. The number of ether oxygens (including phenoxy) is 2. The van der Waals surface area contributed by atoms with Gasteiger partial charge in [-0.25, -0.2) is 0 Å². The van der Waals surface area contributed by atoms with Gasteiger partial charge in [0.25, 0.3) is 5.91 Å². The fourth-order valence-corrected chi connectivity index (χ4v) is 4.53. The van der Waals surface area contributed by atoms with Gasteiger partial charge in [0.1, 0.15) is 17.5 Å². The second-order valence-electron chi connectivity index (χ2n) is 10.4. The number of hydrogen-bond donors (Lipinski definition) is 1. The lowest BCUT2D eigenvalue weighted by Crippen LogP contribution is -2.52. The maximum Gasteiger partial charge on any atom is 0.261 e. The number of hydrogen-bond acceptors (Lipinski definition) is 4. The predicted molar refractivity (Wildman–Crippen MR) is 139 cm³/mol. The number of rotatable bonds is 10. The molecular formula is C29H40N2O4. The van der Waals surface area contributed by atoms with E-state index in [-0.39, 0.29) is 29.9 Å². The van der Waals surface area contributed by atoms with Crippen molar-refractivity contribution in [1.29, 1.82) is 0 Å². The molecule has 6 nitrogen and oxygen atoms in total. The third-order valence-corrected chi connectivity index (χ3v) is 6.66. The first-order valence-corrected chi connectivity index (χ1v) is 12.7. The number of benzene rings is 2. The molecule has 1 atom stereocenters. The highest BCUT2D eigenvalue weighted by atomic mass is 16.5. The summed E-state index contributed by atoms with van der Waals surface area (Å²) in [4.78, 5) is 28.3. The normalized spacial score (nSPS) is 14.9. The van der Waals surface area contributed by atoms with Gasteiger partial charge in [-0.1, -0.05) is 64.8 Å². The summed E-state index contributed by atoms with van der Waals surface area (Å²) in [6, 6.07) is 15.1. The molecule has 0 aliphatic heterocycles. The van der Waals surface area contributed by atoms with Gasteiger partial charge >= 0.3 is 0 Å². The summed E-state index contributed by atoms with van der Waals surface area (Å²) in [5.41, 5.74) is 2.15. The molecule has 1 aliphatic rings. The molecule has 1 saturated carbocycles. The van der Waals surface area contributed by atoms with E-state index in [1.54, 1.807) is 12.0 Å². The summed E-state index contributed by atoms with van der Waals surface area (Å²) < 4.78 is 11.2. The van der Waals surface area contributed by atoms with Crippen molar-refractivity contribution in [2.45, 2.75) is 83.8 Å². The molecule has 1 aliphatic carbocycles. The van der Waals surface area contributed by atoms with Crippen LogP contribution in [0.5, 0.6) is 11.5 Å². The molecule has 2 aromatic carbocycles. The number of carbonyl (C=O) groups excluding carboxylic acids is 2. The van der Waals surface area contributed by atoms with Crippen LogP contribution in [-0.2, 0) is 21.5 Å². The van der Waals surface area contributed by atoms with E-state index in [9.17, 15) is 9.59 Å². The Morgan fingerprint density at radius 2 is 1.74 bits per heavy atom. The molecule has 2 aromatic rings. The van der Waals surface area contributed by atoms with E-state index in [1.165, 1.54) is 5.56 Å². The molecule has 2 amide bonds. The lowest BCUT2D eigenvalue weighted by Gasteiger charge is -2.31. The first-order valence-electron chi connectivity index (χ1n) is 12.7. The standard InChI is InChI=1S/C29H40N2O4/c1-6-26(28(33)30-23-11-7-8-12-23)31(19-21-10-9-13-25(18-21)34-5)27(32)20-35-24-16-14-22(15-17-24)29(2,3)4/h9-10,13-18,23,26H,6-8,11-12,19-20H2,1-5H3,(H,30,33). The fourth-order valence-electron chi connectivity index (χ4n) is 4.53. The Hall–Kier alpha value is -3.02. The van der Waals surface area contributed by atoms with Gasteiger partial charge < -0.3 is 19.7 Å². The maximum absolute atomic E-state index is 13.4. The zero-order valence-electron chi connectivity index (χ0n) is 21.8. The average Bonchev–Trinajstić information content (AvgIpc) is 3.35. The molecule has 1 N–H and O–H groups in total. The zero-order chi connectivity index (χ0) is 25.4. The van der Waals surface area contributed by atoms with E-state index in [4.69, 9.17) is 9.47 Å². The van der Waals surface area contributed by atoms with Crippen LogP contribution in [0.1, 0.15) is 70.9 Å². The lowest BCUT2D eigenvalue weighted by atomic mass is 9.87. The highest BCUT2D eigenvalue weighted by Gasteiger charge is 2.31. The summed E-state index contributed by atoms with van der Waals surface area (Å²) in [6.45, 7) is 8.58. The monoisotopic (exact) mass is 480 g/mol. The van der Waals surface area contributed by atoms with Gasteiger partial charge in [-0.15, -0.1) is 0 Å². The third-order valence-electron chi connectivity index (χ3n) is 6.66. The first-order chi connectivity index (χ1) is 16.7. The minimum Gasteiger partial charge on any atom is -0.497 e. The summed E-state index contributed by atoms with van der Waals surface area (Å²) >= 11 is 0. The number of methoxy groups -OCH3 is 1. The van der Waals surface area contributed by atoms with E-state index in [1.807, 2.05) is 55.5 Å². The molecular weight excluding hydrogens is 440 g/mol. The summed E-state index contributed by atoms with van der Waals surface area (Å²) in [5, 5.41) is 3.17. The number of amides is 2. The molecule has 3 rings (SSSR count). The van der Waals surface area contributed by atoms with E-state index in [0.717, 1.165) is 31.2 Å². The SMILES string of the molecule is CCC(C(=O)NC1CCCC1)N(Cc1cccc(OC)c1)C(=O)COc1ccc(C(C)(C)C)cc1. The van der Waals surface area contributed by atoms with Crippen molar-refractivity contribution in [3.8, 4) is 11.5 Å². The maximum atomic E-state index is 13.4. The Morgan fingerprint density at radius 3 is 2.34 bits per heavy atom. The Labute approximate surface area is 210 Å². The van der Waals surface area contributed by atoms with E-state index >= 15 is 0 Å². The van der Waals surface area contributed by atoms with Crippen molar-refractivity contribution in [3.05, 3.63) is 59.7 Å². The molecule has 0 saturated heterocycles. The van der Waals surface area contributed by atoms with Crippen LogP contribution >= 0.6 is 0 Å². The number of nitrogens with zero attached hydrogens (tertiary/aromatic N) is 1. The molecule has 0 aromatic heterocycles. The van der Waals surface area contributed by atoms with Gasteiger partial charge in [0, 0.05) is 12.6 Å². The highest BCUT2D eigenvalue weighted by molar-refractivity contribution is 5.88. The van der Waals surface area contributed by atoms with Crippen molar-refractivity contribution >= 4 is 11.8 Å². The second-order valence-corrected chi connectivity index (χ2v) is 10.4. The van der Waals surface area contributed by atoms with Crippen LogP contribution in [0.15, 0.2) is 48.5 Å². The van der Waals surface area contributed by atoms with Crippen LogP contribution in [0, 0.1) is 0 Å². The predicted octanol–water partition coefficient (Wildman–Crippen LogP) is 5.24. The van der Waals surface area contributed by atoms with Crippen LogP contribution < -0.4 is 14.8 Å². The van der Waals surface area contributed by atoms with Crippen LogP contribution in [-0.4, -0.2) is 42.5 Å². The quantitative estimate of drug-likeness (QED) is 0.505. The van der Waals surface area contributed by atoms with Crippen LogP contribution in [0.4, 0.5) is 0 Å². The molecule has 0 radical (unpaired) electrons. The first kappa shape index (κ1) is 26.6. The number of carbonyl (C=O) groups is 2. The highest BCUT2D eigenvalue weighted by Crippen LogP contribution is 2.25. The topological polar surface area (TPSA) is 67.9 Å². The van der Waals surface area contributed by atoms with Crippen LogP contribution in [0.2, 0.25) is 0 Å². The van der Waals surface area contributed by atoms with Crippen molar-refractivity contribution in [3.63, 3.8) is 0 Å². The van der Waals surface area contributed by atoms with Crippen molar-refractivity contribution in [1.82, 2.24) is 10.2 Å². The minimum absolute atomic E-state index is 0.0446.